The summed E-state index contributed by atoms with van der Waals surface area (Å²) in [5, 5.41) is 11.6. The minimum absolute atomic E-state index is 0.150. The first-order valence-electron chi connectivity index (χ1n) is 5.76. The van der Waals surface area contributed by atoms with Crippen molar-refractivity contribution >= 4 is 5.91 Å². The van der Waals surface area contributed by atoms with Gasteiger partial charge in [0.05, 0.1) is 6.07 Å². The van der Waals surface area contributed by atoms with Crippen LogP contribution < -0.4 is 5.32 Å². The van der Waals surface area contributed by atoms with E-state index in [0.717, 1.165) is 12.3 Å². The van der Waals surface area contributed by atoms with E-state index in [9.17, 15) is 4.79 Å². The quantitative estimate of drug-likeness (QED) is 0.770. The Hall–Kier alpha value is -1.04. The Morgan fingerprint density at radius 1 is 1.47 bits per heavy atom. The van der Waals surface area contributed by atoms with Gasteiger partial charge in [-0.1, -0.05) is 25.7 Å². The molecule has 0 saturated heterocycles. The van der Waals surface area contributed by atoms with Crippen LogP contribution in [0.4, 0.5) is 0 Å². The van der Waals surface area contributed by atoms with Gasteiger partial charge in [0.2, 0.25) is 5.91 Å². The fourth-order valence-corrected chi connectivity index (χ4v) is 1.96. The van der Waals surface area contributed by atoms with Gasteiger partial charge in [0, 0.05) is 6.54 Å². The number of carbonyl (C=O) groups excluding carboxylic acids is 1. The standard InChI is InChI=1S/C12H20N2O/c1-12(2,9-13)11(15)14-8-7-10-5-3-4-6-10/h10H,3-8H2,1-2H3,(H,14,15). The molecular formula is C12H20N2O. The fraction of sp³-hybridized carbons (Fsp3) is 0.833. The van der Waals surface area contributed by atoms with Crippen molar-refractivity contribution in [2.45, 2.75) is 46.0 Å². The molecule has 1 saturated carbocycles. The second kappa shape index (κ2) is 5.16. The number of carbonyl (C=O) groups is 1. The van der Waals surface area contributed by atoms with Crippen LogP contribution in [0.2, 0.25) is 0 Å². The highest BCUT2D eigenvalue weighted by Crippen LogP contribution is 2.27. The normalized spacial score (nSPS) is 17.4. The Balaban J connectivity index is 2.20. The van der Waals surface area contributed by atoms with Crippen molar-refractivity contribution in [3.8, 4) is 6.07 Å². The van der Waals surface area contributed by atoms with Gasteiger partial charge < -0.3 is 5.32 Å². The van der Waals surface area contributed by atoms with Crippen molar-refractivity contribution in [3.05, 3.63) is 0 Å². The summed E-state index contributed by atoms with van der Waals surface area (Å²) >= 11 is 0. The molecule has 0 spiro atoms. The van der Waals surface area contributed by atoms with Gasteiger partial charge in [0.15, 0.2) is 0 Å². The molecule has 1 N–H and O–H groups in total. The first kappa shape index (κ1) is 12.0. The first-order valence-corrected chi connectivity index (χ1v) is 5.76. The molecule has 84 valence electrons. The number of nitriles is 1. The Bertz CT molecular complexity index is 259. The fourth-order valence-electron chi connectivity index (χ4n) is 1.96. The molecule has 1 rings (SSSR count). The van der Waals surface area contributed by atoms with Crippen LogP contribution in [0.5, 0.6) is 0 Å². The molecule has 0 heterocycles. The summed E-state index contributed by atoms with van der Waals surface area (Å²) in [6.07, 6.45) is 6.34. The van der Waals surface area contributed by atoms with E-state index >= 15 is 0 Å². The van der Waals surface area contributed by atoms with Crippen molar-refractivity contribution in [3.63, 3.8) is 0 Å². The summed E-state index contributed by atoms with van der Waals surface area (Å²) in [7, 11) is 0. The molecule has 1 amide bonds. The monoisotopic (exact) mass is 208 g/mol. The van der Waals surface area contributed by atoms with E-state index in [-0.39, 0.29) is 5.91 Å². The van der Waals surface area contributed by atoms with Crippen molar-refractivity contribution in [2.75, 3.05) is 6.54 Å². The summed E-state index contributed by atoms with van der Waals surface area (Å²) < 4.78 is 0. The molecule has 0 aromatic carbocycles. The molecule has 0 atom stereocenters. The van der Waals surface area contributed by atoms with Crippen LogP contribution in [0, 0.1) is 22.7 Å². The van der Waals surface area contributed by atoms with E-state index in [0.29, 0.717) is 6.54 Å². The van der Waals surface area contributed by atoms with Crippen molar-refractivity contribution < 1.29 is 4.79 Å². The third kappa shape index (κ3) is 3.54. The lowest BCUT2D eigenvalue weighted by atomic mass is 9.94. The molecule has 0 aromatic heterocycles. The molecule has 1 fully saturated rings. The summed E-state index contributed by atoms with van der Waals surface area (Å²) in [6, 6.07) is 2.01. The summed E-state index contributed by atoms with van der Waals surface area (Å²) in [5.41, 5.74) is -0.893. The molecule has 0 bridgehead atoms. The number of hydrogen-bond acceptors (Lipinski definition) is 2. The van der Waals surface area contributed by atoms with Gasteiger partial charge in [-0.3, -0.25) is 4.79 Å². The van der Waals surface area contributed by atoms with Crippen LogP contribution in [-0.2, 0) is 4.79 Å². The summed E-state index contributed by atoms with van der Waals surface area (Å²) in [5.74, 6) is 0.637. The average Bonchev–Trinajstić information content (AvgIpc) is 2.70. The van der Waals surface area contributed by atoms with Gasteiger partial charge in [0.25, 0.3) is 0 Å². The van der Waals surface area contributed by atoms with E-state index in [1.54, 1.807) is 13.8 Å². The summed E-state index contributed by atoms with van der Waals surface area (Å²) in [4.78, 5) is 11.5. The minimum atomic E-state index is -0.893. The van der Waals surface area contributed by atoms with E-state index in [2.05, 4.69) is 5.32 Å². The van der Waals surface area contributed by atoms with Gasteiger partial charge in [-0.05, 0) is 26.2 Å². The minimum Gasteiger partial charge on any atom is -0.355 e. The van der Waals surface area contributed by atoms with E-state index in [1.807, 2.05) is 6.07 Å². The molecular weight excluding hydrogens is 188 g/mol. The van der Waals surface area contributed by atoms with Crippen LogP contribution in [0.3, 0.4) is 0 Å². The number of hydrogen-bond donors (Lipinski definition) is 1. The van der Waals surface area contributed by atoms with Crippen LogP contribution in [0.15, 0.2) is 0 Å². The number of rotatable bonds is 4. The second-order valence-corrected chi connectivity index (χ2v) is 4.93. The van der Waals surface area contributed by atoms with E-state index in [1.165, 1.54) is 25.7 Å². The topological polar surface area (TPSA) is 52.9 Å². The van der Waals surface area contributed by atoms with Crippen LogP contribution in [-0.4, -0.2) is 12.5 Å². The maximum Gasteiger partial charge on any atom is 0.239 e. The maximum atomic E-state index is 11.5. The van der Waals surface area contributed by atoms with Gasteiger partial charge in [0.1, 0.15) is 5.41 Å². The Labute approximate surface area is 91.9 Å². The third-order valence-corrected chi connectivity index (χ3v) is 3.16. The maximum absolute atomic E-state index is 11.5. The Morgan fingerprint density at radius 3 is 2.60 bits per heavy atom. The van der Waals surface area contributed by atoms with Gasteiger partial charge in [-0.2, -0.15) is 5.26 Å². The third-order valence-electron chi connectivity index (χ3n) is 3.16. The largest absolute Gasteiger partial charge is 0.355 e. The zero-order valence-electron chi connectivity index (χ0n) is 9.68. The number of amides is 1. The van der Waals surface area contributed by atoms with Crippen molar-refractivity contribution in [1.29, 1.82) is 5.26 Å². The number of nitrogens with zero attached hydrogens (tertiary/aromatic N) is 1. The molecule has 0 aromatic rings. The lowest BCUT2D eigenvalue weighted by molar-refractivity contribution is -0.126. The molecule has 0 unspecified atom stereocenters. The highest BCUT2D eigenvalue weighted by atomic mass is 16.2. The molecule has 0 aliphatic heterocycles. The summed E-state index contributed by atoms with van der Waals surface area (Å²) in [6.45, 7) is 4.02. The molecule has 15 heavy (non-hydrogen) atoms. The van der Waals surface area contributed by atoms with Crippen LogP contribution in [0.25, 0.3) is 0 Å². The van der Waals surface area contributed by atoms with Crippen LogP contribution >= 0.6 is 0 Å². The van der Waals surface area contributed by atoms with Gasteiger partial charge >= 0.3 is 0 Å². The lowest BCUT2D eigenvalue weighted by Gasteiger charge is -2.16. The predicted octanol–water partition coefficient (Wildman–Crippen LogP) is 2.23. The Morgan fingerprint density at radius 2 is 2.07 bits per heavy atom. The average molecular weight is 208 g/mol. The van der Waals surface area contributed by atoms with Crippen LogP contribution in [0.1, 0.15) is 46.0 Å². The zero-order chi connectivity index (χ0) is 11.3. The smallest absolute Gasteiger partial charge is 0.239 e. The predicted molar refractivity (Wildman–Crippen MR) is 59.0 cm³/mol. The molecule has 0 radical (unpaired) electrons. The highest BCUT2D eigenvalue weighted by molar-refractivity contribution is 5.84. The van der Waals surface area contributed by atoms with E-state index < -0.39 is 5.41 Å². The molecule has 1 aliphatic carbocycles. The lowest BCUT2D eigenvalue weighted by Crippen LogP contribution is -2.36. The Kier molecular flexibility index (Phi) is 4.14. The van der Waals surface area contributed by atoms with E-state index in [4.69, 9.17) is 5.26 Å². The zero-order valence-corrected chi connectivity index (χ0v) is 9.68. The molecule has 3 nitrogen and oxygen atoms in total. The molecule has 3 heteroatoms. The number of nitrogens with one attached hydrogen (secondary N) is 1. The highest BCUT2D eigenvalue weighted by Gasteiger charge is 2.26. The molecule has 1 aliphatic rings. The van der Waals surface area contributed by atoms with Crippen molar-refractivity contribution in [1.82, 2.24) is 5.32 Å². The second-order valence-electron chi connectivity index (χ2n) is 4.93. The SMILES string of the molecule is CC(C)(C#N)C(=O)NCCC1CCCC1. The van der Waals surface area contributed by atoms with Crippen molar-refractivity contribution in [2.24, 2.45) is 11.3 Å². The van der Waals surface area contributed by atoms with Gasteiger partial charge in [-0.25, -0.2) is 0 Å². The first-order chi connectivity index (χ1) is 7.06. The van der Waals surface area contributed by atoms with Gasteiger partial charge in [-0.15, -0.1) is 0 Å².